The van der Waals surface area contributed by atoms with Crippen molar-refractivity contribution < 1.29 is 19.0 Å². The van der Waals surface area contributed by atoms with Crippen molar-refractivity contribution in [3.63, 3.8) is 0 Å². The largest absolute Gasteiger partial charge is 0.369 e. The van der Waals surface area contributed by atoms with Gasteiger partial charge in [0.1, 0.15) is 13.4 Å². The lowest BCUT2D eigenvalue weighted by Crippen LogP contribution is -2.34. The zero-order chi connectivity index (χ0) is 9.99. The van der Waals surface area contributed by atoms with Crippen LogP contribution in [0.4, 0.5) is 4.39 Å². The molecule has 0 aliphatic carbocycles. The minimum Gasteiger partial charge on any atom is -0.295 e. The average molecular weight is 174 g/mol. The van der Waals surface area contributed by atoms with Gasteiger partial charge in [0, 0.05) is 0 Å². The molecular formula is C7H12BFO3. The van der Waals surface area contributed by atoms with E-state index in [0.717, 1.165) is 6.92 Å². The molecule has 0 aromatic rings. The molecule has 1 unspecified atom stereocenters. The van der Waals surface area contributed by atoms with Crippen LogP contribution in [0, 0.1) is 0 Å². The van der Waals surface area contributed by atoms with E-state index >= 15 is 0 Å². The highest BCUT2D eigenvalue weighted by Crippen LogP contribution is 2.12. The molecule has 0 rings (SSSR count). The number of carbonyl (C=O) groups excluding carboxylic acids is 1. The Labute approximate surface area is 72.6 Å². The first-order chi connectivity index (χ1) is 5.13. The summed E-state index contributed by atoms with van der Waals surface area (Å²) in [6.07, 6.45) is 0. The summed E-state index contributed by atoms with van der Waals surface area (Å²) in [6.45, 7) is 5.87. The Balaban J connectivity index is 3.90. The third kappa shape index (κ3) is 5.13. The maximum absolute atomic E-state index is 12.6. The van der Waals surface area contributed by atoms with Gasteiger partial charge >= 0.3 is 5.97 Å². The molecule has 0 amide bonds. The van der Waals surface area contributed by atoms with Gasteiger partial charge in [-0.2, -0.15) is 4.89 Å². The lowest BCUT2D eigenvalue weighted by Gasteiger charge is -2.19. The van der Waals surface area contributed by atoms with Crippen molar-refractivity contribution in [2.75, 3.05) is 0 Å². The molecule has 0 saturated heterocycles. The first-order valence-electron chi connectivity index (χ1n) is 3.51. The molecule has 0 aliphatic rings. The maximum atomic E-state index is 12.6. The van der Waals surface area contributed by atoms with E-state index in [9.17, 15) is 9.18 Å². The fraction of sp³-hybridized carbons (Fsp3) is 0.857. The van der Waals surface area contributed by atoms with Gasteiger partial charge in [0.25, 0.3) is 0 Å². The van der Waals surface area contributed by atoms with Gasteiger partial charge in [-0.15, -0.1) is 0 Å². The van der Waals surface area contributed by atoms with Crippen molar-refractivity contribution in [3.05, 3.63) is 0 Å². The van der Waals surface area contributed by atoms with Crippen molar-refractivity contribution in [1.29, 1.82) is 0 Å². The number of rotatable bonds is 2. The van der Waals surface area contributed by atoms with Crippen molar-refractivity contribution in [1.82, 2.24) is 0 Å². The molecular weight excluding hydrogens is 162 g/mol. The van der Waals surface area contributed by atoms with Gasteiger partial charge < -0.3 is 0 Å². The lowest BCUT2D eigenvalue weighted by molar-refractivity contribution is -0.324. The smallest absolute Gasteiger partial charge is 0.295 e. The van der Waals surface area contributed by atoms with E-state index in [1.54, 1.807) is 20.8 Å². The standard InChI is InChI=1S/C7H12BFO3/c1-6(2,3)12-11-5(10)7(4,8)9/h1-4H3. The molecule has 0 bridgehead atoms. The predicted molar refractivity (Wildman–Crippen MR) is 42.2 cm³/mol. The Morgan fingerprint density at radius 3 is 2.00 bits per heavy atom. The second-order valence-electron chi connectivity index (χ2n) is 3.64. The van der Waals surface area contributed by atoms with Crippen LogP contribution in [0.25, 0.3) is 0 Å². The van der Waals surface area contributed by atoms with E-state index in [2.05, 4.69) is 9.78 Å². The van der Waals surface area contributed by atoms with Crippen molar-refractivity contribution in [2.45, 2.75) is 38.9 Å². The Kier molecular flexibility index (Phi) is 3.27. The summed E-state index contributed by atoms with van der Waals surface area (Å²) >= 11 is 0. The summed E-state index contributed by atoms with van der Waals surface area (Å²) in [5.74, 6) is -1.24. The summed E-state index contributed by atoms with van der Waals surface area (Å²) in [6, 6.07) is 0. The molecule has 2 radical (unpaired) electrons. The summed E-state index contributed by atoms with van der Waals surface area (Å²) in [7, 11) is 4.79. The number of alkyl halides is 1. The highest BCUT2D eigenvalue weighted by atomic mass is 19.1. The Bertz CT molecular complexity index is 168. The van der Waals surface area contributed by atoms with Crippen LogP contribution >= 0.6 is 0 Å². The Morgan fingerprint density at radius 2 is 1.75 bits per heavy atom. The van der Waals surface area contributed by atoms with Crippen LogP contribution in [0.3, 0.4) is 0 Å². The monoisotopic (exact) mass is 174 g/mol. The predicted octanol–water partition coefficient (Wildman–Crippen LogP) is 1.11. The summed E-state index contributed by atoms with van der Waals surface area (Å²) < 4.78 is 12.6. The molecule has 0 aliphatic heterocycles. The van der Waals surface area contributed by atoms with Crippen LogP contribution < -0.4 is 0 Å². The highest BCUT2D eigenvalue weighted by molar-refractivity contribution is 6.25. The average Bonchev–Trinajstić information content (AvgIpc) is 1.78. The van der Waals surface area contributed by atoms with Crippen LogP contribution in [0.15, 0.2) is 0 Å². The quantitative estimate of drug-likeness (QED) is 0.357. The van der Waals surface area contributed by atoms with Gasteiger partial charge in [-0.25, -0.2) is 9.18 Å². The summed E-state index contributed by atoms with van der Waals surface area (Å²) in [4.78, 5) is 19.3. The fourth-order valence-electron chi connectivity index (χ4n) is 0.244. The molecule has 5 heteroatoms. The number of carbonyl (C=O) groups is 1. The molecule has 68 valence electrons. The van der Waals surface area contributed by atoms with Gasteiger partial charge in [-0.3, -0.25) is 4.89 Å². The molecule has 12 heavy (non-hydrogen) atoms. The van der Waals surface area contributed by atoms with Gasteiger partial charge in [-0.1, -0.05) is 0 Å². The van der Waals surface area contributed by atoms with E-state index in [-0.39, 0.29) is 0 Å². The van der Waals surface area contributed by atoms with Crippen LogP contribution in [0.2, 0.25) is 0 Å². The van der Waals surface area contributed by atoms with E-state index in [4.69, 9.17) is 7.85 Å². The zero-order valence-corrected chi connectivity index (χ0v) is 7.68. The van der Waals surface area contributed by atoms with Crippen LogP contribution in [0.1, 0.15) is 27.7 Å². The molecule has 0 heterocycles. The second-order valence-corrected chi connectivity index (χ2v) is 3.64. The Morgan fingerprint density at radius 1 is 1.33 bits per heavy atom. The maximum Gasteiger partial charge on any atom is 0.369 e. The van der Waals surface area contributed by atoms with Gasteiger partial charge in [0.05, 0.1) is 0 Å². The van der Waals surface area contributed by atoms with E-state index < -0.39 is 17.1 Å². The SMILES string of the molecule is [B]C(C)(F)C(=O)OOC(C)(C)C. The summed E-state index contributed by atoms with van der Waals surface area (Å²) in [5.41, 5.74) is -3.17. The van der Waals surface area contributed by atoms with E-state index in [1.165, 1.54) is 0 Å². The van der Waals surface area contributed by atoms with Crippen molar-refractivity contribution >= 4 is 13.8 Å². The topological polar surface area (TPSA) is 35.5 Å². The highest BCUT2D eigenvalue weighted by Gasteiger charge is 2.30. The van der Waals surface area contributed by atoms with Crippen molar-refractivity contribution in [3.8, 4) is 0 Å². The third-order valence-electron chi connectivity index (χ3n) is 0.766. The number of halogens is 1. The molecule has 0 saturated carbocycles. The molecule has 0 fully saturated rings. The summed E-state index contributed by atoms with van der Waals surface area (Å²) in [5, 5.41) is 0. The van der Waals surface area contributed by atoms with Crippen LogP contribution in [0.5, 0.6) is 0 Å². The fourth-order valence-corrected chi connectivity index (χ4v) is 0.244. The zero-order valence-electron chi connectivity index (χ0n) is 7.68. The first-order valence-corrected chi connectivity index (χ1v) is 3.51. The lowest BCUT2D eigenvalue weighted by atomic mass is 9.86. The molecule has 0 aromatic carbocycles. The van der Waals surface area contributed by atoms with Gasteiger partial charge in [-0.05, 0) is 27.7 Å². The third-order valence-corrected chi connectivity index (χ3v) is 0.766. The Hall–Kier alpha value is -0.575. The van der Waals surface area contributed by atoms with Crippen LogP contribution in [-0.2, 0) is 14.6 Å². The van der Waals surface area contributed by atoms with Gasteiger partial charge in [0.2, 0.25) is 0 Å². The van der Waals surface area contributed by atoms with Gasteiger partial charge in [0.15, 0.2) is 5.57 Å². The first kappa shape index (κ1) is 11.4. The minimum atomic E-state index is -2.51. The van der Waals surface area contributed by atoms with Crippen molar-refractivity contribution in [2.24, 2.45) is 0 Å². The second kappa shape index (κ2) is 3.43. The van der Waals surface area contributed by atoms with E-state index in [0.29, 0.717) is 0 Å². The number of hydrogen-bond donors (Lipinski definition) is 0. The molecule has 0 aromatic heterocycles. The van der Waals surface area contributed by atoms with E-state index in [1.807, 2.05) is 0 Å². The molecule has 0 spiro atoms. The normalized spacial score (nSPS) is 16.8. The van der Waals surface area contributed by atoms with Crippen LogP contribution in [-0.4, -0.2) is 25.0 Å². The minimum absolute atomic E-state index is 0.666. The molecule has 3 nitrogen and oxygen atoms in total. The molecule has 1 atom stereocenters. The number of hydrogen-bond acceptors (Lipinski definition) is 3. The molecule has 0 N–H and O–H groups in total.